The summed E-state index contributed by atoms with van der Waals surface area (Å²) in [6.45, 7) is 1.78. The molecule has 1 aromatic carbocycles. The molecule has 1 unspecified atom stereocenters. The van der Waals surface area contributed by atoms with Crippen molar-refractivity contribution < 1.29 is 13.2 Å². The van der Waals surface area contributed by atoms with Gasteiger partial charge in [0, 0.05) is 0 Å². The van der Waals surface area contributed by atoms with Crippen molar-refractivity contribution in [1.82, 2.24) is 0 Å². The van der Waals surface area contributed by atoms with Crippen LogP contribution in [0.3, 0.4) is 0 Å². The Bertz CT molecular complexity index is 306. The average molecular weight is 203 g/mol. The zero-order valence-electron chi connectivity index (χ0n) is 7.81. The van der Waals surface area contributed by atoms with Crippen molar-refractivity contribution in [2.45, 2.75) is 25.6 Å². The molecule has 1 aromatic rings. The summed E-state index contributed by atoms with van der Waals surface area (Å²) in [7, 11) is 0. The van der Waals surface area contributed by atoms with Gasteiger partial charge in [0.2, 0.25) is 0 Å². The maximum absolute atomic E-state index is 12.1. The highest BCUT2D eigenvalue weighted by molar-refractivity contribution is 5.26. The van der Waals surface area contributed by atoms with Gasteiger partial charge in [0.1, 0.15) is 6.04 Å². The molecule has 0 radical (unpaired) electrons. The van der Waals surface area contributed by atoms with Crippen LogP contribution in [0.25, 0.3) is 0 Å². The van der Waals surface area contributed by atoms with E-state index in [0.717, 1.165) is 5.56 Å². The molecular formula is C10H12F3N. The van der Waals surface area contributed by atoms with E-state index in [2.05, 4.69) is 0 Å². The van der Waals surface area contributed by atoms with Gasteiger partial charge in [-0.25, -0.2) is 0 Å². The van der Waals surface area contributed by atoms with E-state index < -0.39 is 12.2 Å². The first kappa shape index (κ1) is 11.0. The van der Waals surface area contributed by atoms with E-state index in [1.165, 1.54) is 0 Å². The van der Waals surface area contributed by atoms with Crippen molar-refractivity contribution in [2.75, 3.05) is 0 Å². The summed E-state index contributed by atoms with van der Waals surface area (Å²) < 4.78 is 36.4. The lowest BCUT2D eigenvalue weighted by Crippen LogP contribution is -2.39. The standard InChI is InChI=1S/C10H12F3N/c1-7-4-2-3-5-8(7)6-9(14)10(11,12)13/h2-5,9H,6,14H2,1H3. The third kappa shape index (κ3) is 2.73. The molecule has 0 aliphatic carbocycles. The van der Waals surface area contributed by atoms with E-state index in [-0.39, 0.29) is 6.42 Å². The predicted molar refractivity (Wildman–Crippen MR) is 48.9 cm³/mol. The molecule has 0 aliphatic rings. The fourth-order valence-electron chi connectivity index (χ4n) is 1.19. The second kappa shape index (κ2) is 4.00. The van der Waals surface area contributed by atoms with Crippen molar-refractivity contribution in [3.8, 4) is 0 Å². The number of alkyl halides is 3. The highest BCUT2D eigenvalue weighted by atomic mass is 19.4. The molecule has 1 nitrogen and oxygen atoms in total. The van der Waals surface area contributed by atoms with Crippen LogP contribution in [0, 0.1) is 6.92 Å². The lowest BCUT2D eigenvalue weighted by molar-refractivity contribution is -0.147. The van der Waals surface area contributed by atoms with Crippen LogP contribution >= 0.6 is 0 Å². The third-order valence-corrected chi connectivity index (χ3v) is 2.12. The van der Waals surface area contributed by atoms with Crippen LogP contribution in [0.2, 0.25) is 0 Å². The lowest BCUT2D eigenvalue weighted by Gasteiger charge is -2.16. The van der Waals surface area contributed by atoms with E-state index in [9.17, 15) is 13.2 Å². The second-order valence-electron chi connectivity index (χ2n) is 3.28. The third-order valence-electron chi connectivity index (χ3n) is 2.12. The van der Waals surface area contributed by atoms with Crippen LogP contribution in [-0.4, -0.2) is 12.2 Å². The van der Waals surface area contributed by atoms with E-state index in [4.69, 9.17) is 5.73 Å². The molecule has 0 saturated carbocycles. The van der Waals surface area contributed by atoms with E-state index in [1.54, 1.807) is 31.2 Å². The first-order chi connectivity index (χ1) is 6.41. The predicted octanol–water partition coefficient (Wildman–Crippen LogP) is 2.43. The van der Waals surface area contributed by atoms with Gasteiger partial charge in [-0.2, -0.15) is 13.2 Å². The van der Waals surface area contributed by atoms with Gasteiger partial charge in [-0.05, 0) is 24.5 Å². The SMILES string of the molecule is Cc1ccccc1CC(N)C(F)(F)F. The summed E-state index contributed by atoms with van der Waals surface area (Å²) in [5.41, 5.74) is 6.52. The zero-order chi connectivity index (χ0) is 10.8. The molecule has 0 heterocycles. The van der Waals surface area contributed by atoms with Gasteiger partial charge >= 0.3 is 6.18 Å². The molecule has 0 aliphatic heterocycles. The lowest BCUT2D eigenvalue weighted by atomic mass is 10.0. The monoisotopic (exact) mass is 203 g/mol. The van der Waals surface area contributed by atoms with Gasteiger partial charge in [0.15, 0.2) is 0 Å². The summed E-state index contributed by atoms with van der Waals surface area (Å²) in [4.78, 5) is 0. The van der Waals surface area contributed by atoms with Gasteiger partial charge in [0.25, 0.3) is 0 Å². The maximum Gasteiger partial charge on any atom is 0.403 e. The van der Waals surface area contributed by atoms with Crippen LogP contribution in [0.4, 0.5) is 13.2 Å². The van der Waals surface area contributed by atoms with Crippen molar-refractivity contribution in [2.24, 2.45) is 5.73 Å². The zero-order valence-corrected chi connectivity index (χ0v) is 7.81. The Morgan fingerprint density at radius 2 is 1.86 bits per heavy atom. The Kier molecular flexibility index (Phi) is 3.16. The van der Waals surface area contributed by atoms with Crippen molar-refractivity contribution in [1.29, 1.82) is 0 Å². The normalized spacial score (nSPS) is 14.1. The number of nitrogens with two attached hydrogens (primary N) is 1. The first-order valence-corrected chi connectivity index (χ1v) is 4.28. The van der Waals surface area contributed by atoms with Crippen LogP contribution in [0.1, 0.15) is 11.1 Å². The van der Waals surface area contributed by atoms with Gasteiger partial charge in [-0.15, -0.1) is 0 Å². The van der Waals surface area contributed by atoms with Crippen LogP contribution in [0.15, 0.2) is 24.3 Å². The average Bonchev–Trinajstić information content (AvgIpc) is 2.07. The molecule has 1 atom stereocenters. The largest absolute Gasteiger partial charge is 0.403 e. The molecule has 2 N–H and O–H groups in total. The number of rotatable bonds is 2. The Balaban J connectivity index is 2.75. The second-order valence-corrected chi connectivity index (χ2v) is 3.28. The van der Waals surface area contributed by atoms with Crippen LogP contribution < -0.4 is 5.73 Å². The molecule has 0 amide bonds. The minimum absolute atomic E-state index is 0.157. The Morgan fingerprint density at radius 3 is 2.36 bits per heavy atom. The van der Waals surface area contributed by atoms with Gasteiger partial charge in [-0.1, -0.05) is 24.3 Å². The van der Waals surface area contributed by atoms with Gasteiger partial charge in [-0.3, -0.25) is 0 Å². The fourth-order valence-corrected chi connectivity index (χ4v) is 1.19. The number of benzene rings is 1. The molecule has 14 heavy (non-hydrogen) atoms. The molecule has 0 bridgehead atoms. The maximum atomic E-state index is 12.1. The number of hydrogen-bond acceptors (Lipinski definition) is 1. The number of hydrogen-bond donors (Lipinski definition) is 1. The highest BCUT2D eigenvalue weighted by Crippen LogP contribution is 2.22. The topological polar surface area (TPSA) is 26.0 Å². The van der Waals surface area contributed by atoms with E-state index in [1.807, 2.05) is 0 Å². The first-order valence-electron chi connectivity index (χ1n) is 4.28. The molecule has 0 saturated heterocycles. The summed E-state index contributed by atoms with van der Waals surface area (Å²) in [5, 5.41) is 0. The van der Waals surface area contributed by atoms with Gasteiger partial charge < -0.3 is 5.73 Å². The summed E-state index contributed by atoms with van der Waals surface area (Å²) in [5.74, 6) is 0. The van der Waals surface area contributed by atoms with Crippen LogP contribution in [0.5, 0.6) is 0 Å². The van der Waals surface area contributed by atoms with Crippen molar-refractivity contribution in [3.63, 3.8) is 0 Å². The molecular weight excluding hydrogens is 191 g/mol. The summed E-state index contributed by atoms with van der Waals surface area (Å²) in [6, 6.07) is 5.17. The van der Waals surface area contributed by atoms with Gasteiger partial charge in [0.05, 0.1) is 0 Å². The quantitative estimate of drug-likeness (QED) is 0.784. The smallest absolute Gasteiger partial charge is 0.320 e. The molecule has 0 fully saturated rings. The van der Waals surface area contributed by atoms with Crippen molar-refractivity contribution in [3.05, 3.63) is 35.4 Å². The highest BCUT2D eigenvalue weighted by Gasteiger charge is 2.36. The number of aryl methyl sites for hydroxylation is 1. The molecule has 4 heteroatoms. The fraction of sp³-hybridized carbons (Fsp3) is 0.400. The van der Waals surface area contributed by atoms with E-state index >= 15 is 0 Å². The molecule has 78 valence electrons. The van der Waals surface area contributed by atoms with Crippen LogP contribution in [-0.2, 0) is 6.42 Å². The van der Waals surface area contributed by atoms with E-state index in [0.29, 0.717) is 5.56 Å². The molecule has 0 spiro atoms. The molecule has 1 rings (SSSR count). The molecule has 0 aromatic heterocycles. The number of halogens is 3. The summed E-state index contributed by atoms with van der Waals surface area (Å²) in [6.07, 6.45) is -4.47. The van der Waals surface area contributed by atoms with Crippen molar-refractivity contribution >= 4 is 0 Å². The summed E-state index contributed by atoms with van der Waals surface area (Å²) >= 11 is 0. The minimum atomic E-state index is -4.32. The Labute approximate surface area is 80.7 Å². The Morgan fingerprint density at radius 1 is 1.29 bits per heavy atom. The Hall–Kier alpha value is -1.03. The minimum Gasteiger partial charge on any atom is -0.320 e.